The van der Waals surface area contributed by atoms with Gasteiger partial charge in [-0.3, -0.25) is 9.58 Å². The van der Waals surface area contributed by atoms with Crippen molar-refractivity contribution in [1.82, 2.24) is 19.0 Å². The Kier molecular flexibility index (Phi) is 5.00. The zero-order valence-corrected chi connectivity index (χ0v) is 16.8. The summed E-state index contributed by atoms with van der Waals surface area (Å²) in [5.41, 5.74) is 3.53. The summed E-state index contributed by atoms with van der Waals surface area (Å²) in [4.78, 5) is 2.45. The molecule has 2 atom stereocenters. The highest BCUT2D eigenvalue weighted by Crippen LogP contribution is 2.44. The van der Waals surface area contributed by atoms with Crippen molar-refractivity contribution in [2.24, 2.45) is 18.4 Å². The van der Waals surface area contributed by atoms with E-state index in [9.17, 15) is 8.42 Å². The summed E-state index contributed by atoms with van der Waals surface area (Å²) in [6.07, 6.45) is 2.28. The number of hydrogen-bond acceptors (Lipinski definition) is 5. The van der Waals surface area contributed by atoms with E-state index < -0.39 is 10.0 Å². The van der Waals surface area contributed by atoms with Crippen molar-refractivity contribution < 1.29 is 13.2 Å². The Morgan fingerprint density at radius 2 is 2.04 bits per heavy atom. The molecule has 3 heterocycles. The lowest BCUT2D eigenvalue weighted by atomic mass is 9.73. The van der Waals surface area contributed by atoms with Crippen LogP contribution in [-0.2, 0) is 28.4 Å². The van der Waals surface area contributed by atoms with E-state index >= 15 is 0 Å². The van der Waals surface area contributed by atoms with Crippen molar-refractivity contribution in [3.63, 3.8) is 0 Å². The number of methoxy groups -OCH3 is 1. The molecule has 2 fully saturated rings. The highest BCUT2D eigenvalue weighted by atomic mass is 32.2. The van der Waals surface area contributed by atoms with E-state index in [1.807, 2.05) is 11.7 Å². The third-order valence-electron chi connectivity index (χ3n) is 6.13. The molecular weight excluding hydrogens is 340 g/mol. The molecule has 25 heavy (non-hydrogen) atoms. The fraction of sp³-hybridized carbons (Fsp3) is 0.824. The minimum atomic E-state index is -3.16. The minimum absolute atomic E-state index is 0.0483. The van der Waals surface area contributed by atoms with E-state index in [4.69, 9.17) is 4.74 Å². The van der Waals surface area contributed by atoms with Crippen molar-refractivity contribution >= 4 is 10.0 Å². The van der Waals surface area contributed by atoms with Crippen LogP contribution in [0.1, 0.15) is 23.4 Å². The van der Waals surface area contributed by atoms with E-state index in [0.717, 1.165) is 31.7 Å². The van der Waals surface area contributed by atoms with Gasteiger partial charge in [0.25, 0.3) is 0 Å². The van der Waals surface area contributed by atoms with Crippen molar-refractivity contribution in [3.05, 3.63) is 17.0 Å². The second-order valence-electron chi connectivity index (χ2n) is 7.81. The number of piperidine rings is 1. The largest absolute Gasteiger partial charge is 0.384 e. The van der Waals surface area contributed by atoms with Gasteiger partial charge in [-0.05, 0) is 32.7 Å². The van der Waals surface area contributed by atoms with Gasteiger partial charge in [0, 0.05) is 57.0 Å². The first kappa shape index (κ1) is 18.8. The maximum atomic E-state index is 12.0. The highest BCUT2D eigenvalue weighted by Gasteiger charge is 2.51. The molecule has 142 valence electrons. The number of rotatable bonds is 5. The van der Waals surface area contributed by atoms with Gasteiger partial charge in [-0.25, -0.2) is 12.7 Å². The number of aromatic nitrogens is 2. The Bertz CT molecular complexity index is 745. The van der Waals surface area contributed by atoms with Gasteiger partial charge in [-0.15, -0.1) is 0 Å². The summed E-state index contributed by atoms with van der Waals surface area (Å²) < 4.78 is 33.2. The molecule has 2 aliphatic heterocycles. The van der Waals surface area contributed by atoms with Crippen LogP contribution < -0.4 is 0 Å². The quantitative estimate of drug-likeness (QED) is 0.766. The Morgan fingerprint density at radius 3 is 2.60 bits per heavy atom. The van der Waals surface area contributed by atoms with Crippen LogP contribution >= 0.6 is 0 Å². The Balaban J connectivity index is 1.77. The minimum Gasteiger partial charge on any atom is -0.384 e. The fourth-order valence-electron chi connectivity index (χ4n) is 4.49. The molecule has 0 N–H and O–H groups in total. The van der Waals surface area contributed by atoms with Gasteiger partial charge in [0.15, 0.2) is 0 Å². The van der Waals surface area contributed by atoms with Gasteiger partial charge in [0.2, 0.25) is 10.0 Å². The van der Waals surface area contributed by atoms with Crippen LogP contribution in [0.25, 0.3) is 0 Å². The number of hydrogen-bond donors (Lipinski definition) is 0. The van der Waals surface area contributed by atoms with Gasteiger partial charge in [-0.2, -0.15) is 5.10 Å². The van der Waals surface area contributed by atoms with Gasteiger partial charge < -0.3 is 4.74 Å². The molecular formula is C17H30N4O3S. The molecule has 2 aliphatic rings. The van der Waals surface area contributed by atoms with Gasteiger partial charge in [0.05, 0.1) is 18.6 Å². The molecule has 0 bridgehead atoms. The van der Waals surface area contributed by atoms with Crippen molar-refractivity contribution in [2.45, 2.75) is 26.8 Å². The lowest BCUT2D eigenvalue weighted by molar-refractivity contribution is -0.00117. The standard InChI is InChI=1S/C17H30N4O3S/c1-13-16(14(2)19(3)18-13)10-20-7-6-17(12-24-4)11-21(25(5,22)23)9-15(17)8-20/h15H,6-12H2,1-5H3/t15-,17+/m1/s1. The van der Waals surface area contributed by atoms with Crippen LogP contribution in [0, 0.1) is 25.2 Å². The first-order chi connectivity index (χ1) is 11.7. The second kappa shape index (κ2) is 6.64. The van der Waals surface area contributed by atoms with Crippen molar-refractivity contribution in [3.8, 4) is 0 Å². The number of fused-ring (bicyclic) bond motifs is 1. The molecule has 1 aromatic rings. The molecule has 0 radical (unpaired) electrons. The number of nitrogens with zero attached hydrogens (tertiary/aromatic N) is 4. The van der Waals surface area contributed by atoms with E-state index in [1.54, 1.807) is 11.4 Å². The van der Waals surface area contributed by atoms with E-state index in [2.05, 4.69) is 23.8 Å². The molecule has 2 saturated heterocycles. The number of ether oxygens (including phenoxy) is 1. The lowest BCUT2D eigenvalue weighted by Gasteiger charge is -2.43. The topological polar surface area (TPSA) is 67.7 Å². The molecule has 0 saturated carbocycles. The molecule has 3 rings (SSSR count). The third kappa shape index (κ3) is 3.49. The fourth-order valence-corrected chi connectivity index (χ4v) is 5.43. The predicted octanol–water partition coefficient (Wildman–Crippen LogP) is 0.767. The van der Waals surface area contributed by atoms with Crippen LogP contribution in [0.2, 0.25) is 0 Å². The van der Waals surface area contributed by atoms with Crippen LogP contribution in [0.3, 0.4) is 0 Å². The summed E-state index contributed by atoms with van der Waals surface area (Å²) >= 11 is 0. The average molecular weight is 371 g/mol. The molecule has 8 heteroatoms. The highest BCUT2D eigenvalue weighted by molar-refractivity contribution is 7.88. The SMILES string of the molecule is COC[C@@]12CCN(Cc3c(C)nn(C)c3C)C[C@@H]1CN(S(C)(=O)=O)C2. The Labute approximate surface area is 151 Å². The Morgan fingerprint density at radius 1 is 1.32 bits per heavy atom. The van der Waals surface area contributed by atoms with E-state index in [0.29, 0.717) is 25.6 Å². The summed E-state index contributed by atoms with van der Waals surface area (Å²) in [7, 11) is 0.533. The van der Waals surface area contributed by atoms with Crippen LogP contribution in [0.4, 0.5) is 0 Å². The first-order valence-corrected chi connectivity index (χ1v) is 10.7. The van der Waals surface area contributed by atoms with Crippen molar-refractivity contribution in [2.75, 3.05) is 46.2 Å². The summed E-state index contributed by atoms with van der Waals surface area (Å²) in [5, 5.41) is 4.51. The lowest BCUT2D eigenvalue weighted by Crippen LogP contribution is -2.48. The number of sulfonamides is 1. The summed E-state index contributed by atoms with van der Waals surface area (Å²) in [6, 6.07) is 0. The monoisotopic (exact) mass is 370 g/mol. The third-order valence-corrected chi connectivity index (χ3v) is 7.34. The number of likely N-dealkylation sites (tertiary alicyclic amines) is 1. The zero-order valence-electron chi connectivity index (χ0n) is 15.9. The molecule has 0 unspecified atom stereocenters. The molecule has 0 aromatic carbocycles. The molecule has 7 nitrogen and oxygen atoms in total. The predicted molar refractivity (Wildman–Crippen MR) is 96.8 cm³/mol. The molecule has 0 amide bonds. The average Bonchev–Trinajstić information content (AvgIpc) is 3.00. The summed E-state index contributed by atoms with van der Waals surface area (Å²) in [6.45, 7) is 8.73. The van der Waals surface area contributed by atoms with Crippen LogP contribution in [0.15, 0.2) is 0 Å². The van der Waals surface area contributed by atoms with E-state index in [-0.39, 0.29) is 5.41 Å². The summed E-state index contributed by atoms with van der Waals surface area (Å²) in [5.74, 6) is 0.313. The second-order valence-corrected chi connectivity index (χ2v) is 9.79. The normalized spacial score (nSPS) is 28.4. The molecule has 0 aliphatic carbocycles. The molecule has 0 spiro atoms. The van der Waals surface area contributed by atoms with Crippen LogP contribution in [-0.4, -0.2) is 73.6 Å². The maximum Gasteiger partial charge on any atom is 0.211 e. The van der Waals surface area contributed by atoms with Gasteiger partial charge in [-0.1, -0.05) is 0 Å². The van der Waals surface area contributed by atoms with E-state index in [1.165, 1.54) is 17.5 Å². The Hall–Kier alpha value is -0.960. The van der Waals surface area contributed by atoms with Crippen molar-refractivity contribution in [1.29, 1.82) is 0 Å². The molecule has 1 aromatic heterocycles. The van der Waals surface area contributed by atoms with Crippen LogP contribution in [0.5, 0.6) is 0 Å². The smallest absolute Gasteiger partial charge is 0.211 e. The van der Waals surface area contributed by atoms with Gasteiger partial charge >= 0.3 is 0 Å². The van der Waals surface area contributed by atoms with Gasteiger partial charge in [0.1, 0.15) is 0 Å². The zero-order chi connectivity index (χ0) is 18.4. The maximum absolute atomic E-state index is 12.0. The number of aryl methyl sites for hydroxylation is 2. The first-order valence-electron chi connectivity index (χ1n) is 8.82.